The van der Waals surface area contributed by atoms with Gasteiger partial charge in [-0.05, 0) is 6.42 Å². The zero-order chi connectivity index (χ0) is 27.1. The van der Waals surface area contributed by atoms with Crippen LogP contribution in [-0.2, 0) is 21.7 Å². The number of hydrogen-bond acceptors (Lipinski definition) is 0. The van der Waals surface area contributed by atoms with E-state index in [1.807, 2.05) is 91.0 Å². The van der Waals surface area contributed by atoms with E-state index in [0.29, 0.717) is 5.92 Å². The minimum absolute atomic E-state index is 0. The average molecular weight is 555 g/mol. The second-order valence-electron chi connectivity index (χ2n) is 10.7. The Balaban J connectivity index is 0.000000276. The Labute approximate surface area is 250 Å². The first-order chi connectivity index (χ1) is 17.7. The van der Waals surface area contributed by atoms with Crippen LogP contribution in [0.25, 0.3) is 0 Å². The quantitative estimate of drug-likeness (QED) is 0.223. The summed E-state index contributed by atoms with van der Waals surface area (Å²) in [6, 6.07) is 32.5. The standard InChI is InChI=1S/C15H25Si.3C7H7.Ti/c1-5-16(3,4)11-13-10-12(2)14-8-6-7-9-15(13)14;3*1-7-5-3-2-4-6-7;/h13H,5-9,11H2,1-4H3;3*2-6H,1H2;/q4*-1;+4. The maximum Gasteiger partial charge on any atom is 4.00 e. The van der Waals surface area contributed by atoms with Crippen molar-refractivity contribution in [1.82, 2.24) is 0 Å². The van der Waals surface area contributed by atoms with Gasteiger partial charge in [0, 0.05) is 8.07 Å². The molecule has 198 valence electrons. The Morgan fingerprint density at radius 1 is 0.711 bits per heavy atom. The van der Waals surface area contributed by atoms with Gasteiger partial charge in [-0.25, -0.2) is 5.57 Å². The monoisotopic (exact) mass is 554 g/mol. The summed E-state index contributed by atoms with van der Waals surface area (Å²) >= 11 is 0. The molecule has 0 saturated carbocycles. The third-order valence-corrected chi connectivity index (χ3v) is 10.4. The van der Waals surface area contributed by atoms with Crippen LogP contribution in [0.1, 0.15) is 56.2 Å². The smallest absolute Gasteiger partial charge is 0.266 e. The summed E-state index contributed by atoms with van der Waals surface area (Å²) in [6.45, 7) is 20.9. The Hall–Kier alpha value is -2.32. The van der Waals surface area contributed by atoms with Gasteiger partial charge in [0.2, 0.25) is 0 Å². The van der Waals surface area contributed by atoms with Crippen LogP contribution in [0.2, 0.25) is 25.2 Å². The van der Waals surface area contributed by atoms with E-state index < -0.39 is 8.07 Å². The molecular weight excluding hydrogens is 508 g/mol. The molecule has 0 heterocycles. The van der Waals surface area contributed by atoms with Crippen LogP contribution in [0, 0.1) is 32.8 Å². The topological polar surface area (TPSA) is 0 Å². The van der Waals surface area contributed by atoms with E-state index >= 15 is 0 Å². The molecule has 0 radical (unpaired) electrons. The van der Waals surface area contributed by atoms with Crippen molar-refractivity contribution >= 4 is 8.07 Å². The van der Waals surface area contributed by atoms with E-state index in [-0.39, 0.29) is 21.7 Å². The third-order valence-electron chi connectivity index (χ3n) is 7.02. The molecule has 2 aliphatic carbocycles. The van der Waals surface area contributed by atoms with Gasteiger partial charge in [0.15, 0.2) is 0 Å². The maximum atomic E-state index is 3.76. The largest absolute Gasteiger partial charge is 4.00 e. The van der Waals surface area contributed by atoms with E-state index in [2.05, 4.69) is 53.8 Å². The summed E-state index contributed by atoms with van der Waals surface area (Å²) in [6.07, 6.45) is 9.27. The second-order valence-corrected chi connectivity index (χ2v) is 16.2. The molecule has 0 saturated heterocycles. The van der Waals surface area contributed by atoms with Gasteiger partial charge >= 0.3 is 21.7 Å². The van der Waals surface area contributed by atoms with Crippen LogP contribution in [0.4, 0.5) is 0 Å². The van der Waals surface area contributed by atoms with Crippen LogP contribution in [0.15, 0.2) is 108 Å². The molecule has 5 rings (SSSR count). The van der Waals surface area contributed by atoms with Gasteiger partial charge in [-0.2, -0.15) is 85.0 Å². The molecule has 0 spiro atoms. The number of benzene rings is 3. The minimum atomic E-state index is -0.958. The Morgan fingerprint density at radius 2 is 1.11 bits per heavy atom. The van der Waals surface area contributed by atoms with Crippen molar-refractivity contribution in [2.75, 3.05) is 0 Å². The summed E-state index contributed by atoms with van der Waals surface area (Å²) in [5, 5.41) is 0. The summed E-state index contributed by atoms with van der Waals surface area (Å²) in [4.78, 5) is 0. The van der Waals surface area contributed by atoms with Crippen molar-refractivity contribution in [3.8, 4) is 0 Å². The van der Waals surface area contributed by atoms with Crippen molar-refractivity contribution in [2.45, 2.75) is 64.7 Å². The first-order valence-electron chi connectivity index (χ1n) is 13.6. The molecule has 1 unspecified atom stereocenters. The Kier molecular flexibility index (Phi) is 16.0. The molecule has 0 aromatic heterocycles. The molecule has 1 atom stereocenters. The molecule has 3 aromatic rings. The summed E-state index contributed by atoms with van der Waals surface area (Å²) in [5.74, 6) is 0.705. The van der Waals surface area contributed by atoms with Crippen molar-refractivity contribution in [1.29, 1.82) is 0 Å². The van der Waals surface area contributed by atoms with Crippen LogP contribution in [0.3, 0.4) is 0 Å². The van der Waals surface area contributed by atoms with Gasteiger partial charge in [0.1, 0.15) is 0 Å². The van der Waals surface area contributed by atoms with Crippen LogP contribution >= 0.6 is 0 Å². The van der Waals surface area contributed by atoms with Gasteiger partial charge in [-0.3, -0.25) is 6.08 Å². The van der Waals surface area contributed by atoms with Gasteiger partial charge in [0.05, 0.1) is 0 Å². The normalized spacial score (nSPS) is 15.6. The molecule has 3 aromatic carbocycles. The SMILES string of the molecule is CC[Si](C)(C)CC1[C-]=C(C)C2=C1CCCC2.[CH2-]c1ccccc1.[CH2-]c1ccccc1.[CH2-]c1ccccc1.[Ti+4]. The van der Waals surface area contributed by atoms with E-state index in [9.17, 15) is 0 Å². The predicted octanol–water partition coefficient (Wildman–Crippen LogP) is 10.6. The number of allylic oxidation sites excluding steroid dienone is 4. The van der Waals surface area contributed by atoms with Gasteiger partial charge in [-0.15, -0.1) is 36.4 Å². The molecule has 2 aliphatic rings. The fourth-order valence-corrected chi connectivity index (χ4v) is 6.22. The molecule has 0 fully saturated rings. The fraction of sp³-hybridized carbons (Fsp3) is 0.306. The minimum Gasteiger partial charge on any atom is -0.266 e. The third kappa shape index (κ3) is 13.0. The van der Waals surface area contributed by atoms with Crippen LogP contribution in [0.5, 0.6) is 0 Å². The predicted molar refractivity (Wildman–Crippen MR) is 167 cm³/mol. The van der Waals surface area contributed by atoms with Gasteiger partial charge < -0.3 is 0 Å². The molecule has 0 N–H and O–H groups in total. The molecule has 0 bridgehead atoms. The van der Waals surface area contributed by atoms with Gasteiger partial charge in [0.25, 0.3) is 0 Å². The van der Waals surface area contributed by atoms with Gasteiger partial charge in [-0.1, -0.05) is 82.4 Å². The zero-order valence-corrected chi connectivity index (χ0v) is 26.7. The molecular formula is C36H46SiTi. The Morgan fingerprint density at radius 3 is 1.45 bits per heavy atom. The maximum absolute atomic E-state index is 3.76. The molecule has 0 nitrogen and oxygen atoms in total. The van der Waals surface area contributed by atoms with Crippen molar-refractivity contribution in [3.05, 3.63) is 151 Å². The summed E-state index contributed by atoms with van der Waals surface area (Å²) < 4.78 is 0. The van der Waals surface area contributed by atoms with Crippen molar-refractivity contribution < 1.29 is 21.7 Å². The fourth-order valence-electron chi connectivity index (χ4n) is 4.48. The first kappa shape index (κ1) is 33.7. The second kappa shape index (κ2) is 18.1. The first-order valence-corrected chi connectivity index (χ1v) is 17.1. The van der Waals surface area contributed by atoms with E-state index in [4.69, 9.17) is 0 Å². The van der Waals surface area contributed by atoms with Crippen LogP contribution in [-0.4, -0.2) is 8.07 Å². The van der Waals surface area contributed by atoms with Crippen molar-refractivity contribution in [2.24, 2.45) is 5.92 Å². The average Bonchev–Trinajstić information content (AvgIpc) is 3.21. The van der Waals surface area contributed by atoms with E-state index in [0.717, 1.165) is 16.7 Å². The molecule has 2 heteroatoms. The number of hydrogen-bond donors (Lipinski definition) is 0. The number of rotatable bonds is 3. The van der Waals surface area contributed by atoms with Crippen molar-refractivity contribution in [3.63, 3.8) is 0 Å². The Bertz CT molecular complexity index is 993. The summed E-state index contributed by atoms with van der Waals surface area (Å²) in [5.41, 5.74) is 8.17. The zero-order valence-electron chi connectivity index (χ0n) is 24.1. The van der Waals surface area contributed by atoms with E-state index in [1.165, 1.54) is 43.3 Å². The van der Waals surface area contributed by atoms with Crippen LogP contribution < -0.4 is 0 Å². The van der Waals surface area contributed by atoms with E-state index in [1.54, 1.807) is 11.1 Å². The molecule has 38 heavy (non-hydrogen) atoms. The molecule has 0 aliphatic heterocycles. The summed E-state index contributed by atoms with van der Waals surface area (Å²) in [7, 11) is -0.958. The molecule has 0 amide bonds.